The highest BCUT2D eigenvalue weighted by atomic mass is 127. The summed E-state index contributed by atoms with van der Waals surface area (Å²) in [5, 5.41) is 2.41. The van der Waals surface area contributed by atoms with Crippen LogP contribution >= 0.6 is 38.5 Å². The first kappa shape index (κ1) is 12.4. The van der Waals surface area contributed by atoms with Gasteiger partial charge in [-0.1, -0.05) is 0 Å². The van der Waals surface area contributed by atoms with Crippen LogP contribution in [-0.4, -0.2) is 19.0 Å². The minimum absolute atomic E-state index is 0.540. The average Bonchev–Trinajstić information content (AvgIpc) is 2.22. The topological polar surface area (TPSA) is 55.4 Å². The highest BCUT2D eigenvalue weighted by Gasteiger charge is 2.13. The van der Waals surface area contributed by atoms with Gasteiger partial charge in [0.2, 0.25) is 0 Å². The maximum Gasteiger partial charge on any atom is 0.396 e. The molecule has 6 heteroatoms. The van der Waals surface area contributed by atoms with Crippen molar-refractivity contribution in [3.8, 4) is 0 Å². The zero-order valence-electron chi connectivity index (χ0n) is 7.71. The third-order valence-electron chi connectivity index (χ3n) is 1.55. The molecule has 0 unspecified atom stereocenters. The van der Waals surface area contributed by atoms with E-state index in [1.807, 2.05) is 6.07 Å². The number of halogens is 2. The molecule has 0 heterocycles. The van der Waals surface area contributed by atoms with E-state index in [-0.39, 0.29) is 0 Å². The zero-order valence-corrected chi connectivity index (χ0v) is 11.5. The molecule has 0 radical (unpaired) electrons. The molecule has 0 atom stereocenters. The largest absolute Gasteiger partial charge is 0.462 e. The van der Waals surface area contributed by atoms with Crippen molar-refractivity contribution >= 4 is 56.1 Å². The number of esters is 1. The summed E-state index contributed by atoms with van der Waals surface area (Å²) < 4.78 is 6.14. The quantitative estimate of drug-likeness (QED) is 0.459. The number of ether oxygens (including phenoxy) is 1. The number of hydrogen-bond donors (Lipinski definition) is 1. The second kappa shape index (κ2) is 5.45. The molecule has 0 spiro atoms. The normalized spacial score (nSPS) is 9.53. The molecule has 0 fully saturated rings. The molecular weight excluding hydrogens is 377 g/mol. The van der Waals surface area contributed by atoms with Gasteiger partial charge in [-0.25, -0.2) is 4.79 Å². The van der Waals surface area contributed by atoms with Gasteiger partial charge in [-0.15, -0.1) is 0 Å². The maximum absolute atomic E-state index is 11.1. The van der Waals surface area contributed by atoms with Gasteiger partial charge in [0.05, 0.1) is 7.11 Å². The highest BCUT2D eigenvalue weighted by molar-refractivity contribution is 14.1. The molecule has 0 saturated carbocycles. The molecule has 1 aromatic rings. The number of nitrogens with one attached hydrogen (secondary N) is 1. The molecule has 0 aliphatic carbocycles. The Morgan fingerprint density at radius 2 is 2.13 bits per heavy atom. The maximum atomic E-state index is 11.1. The van der Waals surface area contributed by atoms with Crippen molar-refractivity contribution < 1.29 is 14.3 Å². The fourth-order valence-electron chi connectivity index (χ4n) is 0.849. The minimum atomic E-state index is -0.912. The molecule has 1 rings (SSSR count). The van der Waals surface area contributed by atoms with Gasteiger partial charge in [-0.05, 0) is 56.7 Å². The van der Waals surface area contributed by atoms with Crippen molar-refractivity contribution in [2.75, 3.05) is 12.4 Å². The molecule has 1 N–H and O–H groups in total. The Balaban J connectivity index is 2.77. The number of anilines is 1. The predicted molar refractivity (Wildman–Crippen MR) is 67.5 cm³/mol. The Labute approximate surface area is 109 Å². The molecule has 0 bridgehead atoms. The predicted octanol–water partition coefficient (Wildman–Crippen LogP) is 2.17. The lowest BCUT2D eigenvalue weighted by atomic mass is 10.3. The average molecular weight is 384 g/mol. The Hall–Kier alpha value is -0.630. The van der Waals surface area contributed by atoms with Gasteiger partial charge in [0.15, 0.2) is 0 Å². The van der Waals surface area contributed by atoms with Crippen LogP contribution in [0.3, 0.4) is 0 Å². The summed E-state index contributed by atoms with van der Waals surface area (Å²) in [4.78, 5) is 22.0. The number of benzene rings is 1. The van der Waals surface area contributed by atoms with E-state index < -0.39 is 11.9 Å². The number of amides is 1. The number of carbonyl (C=O) groups excluding carboxylic acids is 2. The monoisotopic (exact) mass is 383 g/mol. The van der Waals surface area contributed by atoms with Crippen molar-refractivity contribution in [1.29, 1.82) is 0 Å². The van der Waals surface area contributed by atoms with Crippen LogP contribution in [0.5, 0.6) is 0 Å². The first-order valence-electron chi connectivity index (χ1n) is 3.89. The molecular formula is C9H7BrINO3. The van der Waals surface area contributed by atoms with Crippen LogP contribution in [0.15, 0.2) is 22.7 Å². The van der Waals surface area contributed by atoms with Crippen molar-refractivity contribution in [3.63, 3.8) is 0 Å². The van der Waals surface area contributed by atoms with Gasteiger partial charge < -0.3 is 10.1 Å². The molecule has 0 aliphatic rings. The Bertz CT molecular complexity index is 408. The second-order valence-corrected chi connectivity index (χ2v) is 4.59. The summed E-state index contributed by atoms with van der Waals surface area (Å²) in [7, 11) is 1.16. The van der Waals surface area contributed by atoms with Crippen LogP contribution in [0, 0.1) is 3.57 Å². The van der Waals surface area contributed by atoms with Crippen molar-refractivity contribution in [2.45, 2.75) is 0 Å². The Morgan fingerprint density at radius 3 is 2.67 bits per heavy atom. The SMILES string of the molecule is COC(=O)C(=O)Nc1ccc(I)c(Br)c1. The molecule has 0 saturated heterocycles. The lowest BCUT2D eigenvalue weighted by Gasteiger charge is -2.04. The van der Waals surface area contributed by atoms with Crippen LogP contribution in [0.1, 0.15) is 0 Å². The smallest absolute Gasteiger partial charge is 0.396 e. The molecule has 80 valence electrons. The highest BCUT2D eigenvalue weighted by Crippen LogP contribution is 2.22. The minimum Gasteiger partial charge on any atom is -0.462 e. The zero-order chi connectivity index (χ0) is 11.4. The van der Waals surface area contributed by atoms with E-state index in [0.717, 1.165) is 15.2 Å². The van der Waals surface area contributed by atoms with Crippen LogP contribution in [0.4, 0.5) is 5.69 Å². The van der Waals surface area contributed by atoms with Crippen LogP contribution in [0.2, 0.25) is 0 Å². The lowest BCUT2D eigenvalue weighted by Crippen LogP contribution is -2.23. The van der Waals surface area contributed by atoms with E-state index in [9.17, 15) is 9.59 Å². The molecule has 1 amide bonds. The summed E-state index contributed by atoms with van der Waals surface area (Å²) in [6.45, 7) is 0. The molecule has 4 nitrogen and oxygen atoms in total. The van der Waals surface area contributed by atoms with Crippen molar-refractivity contribution in [3.05, 3.63) is 26.2 Å². The van der Waals surface area contributed by atoms with E-state index in [4.69, 9.17) is 0 Å². The van der Waals surface area contributed by atoms with Crippen LogP contribution < -0.4 is 5.32 Å². The van der Waals surface area contributed by atoms with E-state index in [1.54, 1.807) is 12.1 Å². The van der Waals surface area contributed by atoms with E-state index >= 15 is 0 Å². The summed E-state index contributed by atoms with van der Waals surface area (Å²) in [6.07, 6.45) is 0. The number of hydrogen-bond acceptors (Lipinski definition) is 3. The summed E-state index contributed by atoms with van der Waals surface area (Å²) in [6, 6.07) is 5.23. The standard InChI is InChI=1S/C9H7BrINO3/c1-15-9(14)8(13)12-5-2-3-7(11)6(10)4-5/h2-4H,1H3,(H,12,13). The fourth-order valence-corrected chi connectivity index (χ4v) is 1.56. The van der Waals surface area contributed by atoms with Crippen LogP contribution in [0.25, 0.3) is 0 Å². The third kappa shape index (κ3) is 3.45. The van der Waals surface area contributed by atoms with Gasteiger partial charge in [0.1, 0.15) is 0 Å². The van der Waals surface area contributed by atoms with Gasteiger partial charge in [-0.3, -0.25) is 4.79 Å². The van der Waals surface area contributed by atoms with Crippen LogP contribution in [-0.2, 0) is 14.3 Å². The first-order valence-corrected chi connectivity index (χ1v) is 5.76. The van der Waals surface area contributed by atoms with Gasteiger partial charge >= 0.3 is 11.9 Å². The number of rotatable bonds is 1. The Kier molecular flexibility index (Phi) is 4.52. The molecule has 0 aromatic heterocycles. The number of methoxy groups -OCH3 is 1. The molecule has 15 heavy (non-hydrogen) atoms. The third-order valence-corrected chi connectivity index (χ3v) is 3.89. The van der Waals surface area contributed by atoms with Gasteiger partial charge in [-0.2, -0.15) is 0 Å². The summed E-state index contributed by atoms with van der Waals surface area (Å²) in [5.74, 6) is -1.70. The first-order chi connectivity index (χ1) is 7.04. The van der Waals surface area contributed by atoms with Gasteiger partial charge in [0, 0.05) is 13.7 Å². The van der Waals surface area contributed by atoms with E-state index in [0.29, 0.717) is 5.69 Å². The van der Waals surface area contributed by atoms with E-state index in [1.165, 1.54) is 0 Å². The fraction of sp³-hybridized carbons (Fsp3) is 0.111. The lowest BCUT2D eigenvalue weighted by molar-refractivity contribution is -0.150. The number of carbonyl (C=O) groups is 2. The van der Waals surface area contributed by atoms with Crippen molar-refractivity contribution in [2.24, 2.45) is 0 Å². The molecule has 1 aromatic carbocycles. The van der Waals surface area contributed by atoms with Crippen molar-refractivity contribution in [1.82, 2.24) is 0 Å². The second-order valence-electron chi connectivity index (χ2n) is 2.57. The van der Waals surface area contributed by atoms with E-state index in [2.05, 4.69) is 48.6 Å². The summed E-state index contributed by atoms with van der Waals surface area (Å²) in [5.41, 5.74) is 0.540. The Morgan fingerprint density at radius 1 is 1.47 bits per heavy atom. The molecule has 0 aliphatic heterocycles. The van der Waals surface area contributed by atoms with Gasteiger partial charge in [0.25, 0.3) is 0 Å². The summed E-state index contributed by atoms with van der Waals surface area (Å²) >= 11 is 5.46.